The molecule has 4 heteroatoms. The Labute approximate surface area is 148 Å². The van der Waals surface area contributed by atoms with Crippen LogP contribution in [0.2, 0.25) is 0 Å². The summed E-state index contributed by atoms with van der Waals surface area (Å²) in [5, 5.41) is 10.5. The molecule has 0 saturated carbocycles. The fourth-order valence-corrected chi connectivity index (χ4v) is 10.0. The van der Waals surface area contributed by atoms with Gasteiger partial charge in [0.15, 0.2) is 0 Å². The first-order chi connectivity index (χ1) is 10.5. The fourth-order valence-electron chi connectivity index (χ4n) is 2.96. The van der Waals surface area contributed by atoms with Crippen LogP contribution in [0.1, 0.15) is 31.7 Å². The van der Waals surface area contributed by atoms with Crippen LogP contribution >= 0.6 is 35.7 Å². The molecule has 0 bridgehead atoms. The number of alkyl halides is 4. The third-order valence-electron chi connectivity index (χ3n) is 4.35. The Kier molecular flexibility index (Phi) is 6.50. The average molecular weight is 479 g/mol. The van der Waals surface area contributed by atoms with Crippen molar-refractivity contribution in [2.45, 2.75) is 26.2 Å². The van der Waals surface area contributed by atoms with Crippen molar-refractivity contribution in [3.8, 4) is 5.75 Å². The van der Waals surface area contributed by atoms with E-state index in [4.69, 9.17) is 0 Å². The molecule has 1 aromatic rings. The second-order valence-corrected chi connectivity index (χ2v) is 12.7. The third-order valence-corrected chi connectivity index (χ3v) is 10.3. The molecule has 22 heavy (non-hydrogen) atoms. The van der Waals surface area contributed by atoms with Gasteiger partial charge in [0.25, 0.3) is 0 Å². The molecule has 2 rings (SSSR count). The molecule has 1 atom stereocenters. The zero-order valence-electron chi connectivity index (χ0n) is 13.2. The first-order valence-corrected chi connectivity index (χ1v) is 14.0. The molecule has 1 aliphatic carbocycles. The number of carbonyl (C=O) groups excluding carboxylic acids is 1. The van der Waals surface area contributed by atoms with Crippen molar-refractivity contribution in [2.75, 3.05) is 19.1 Å². The topological polar surface area (TPSA) is 37.3 Å². The number of hydrogen-bond acceptors (Lipinski definition) is 2. The summed E-state index contributed by atoms with van der Waals surface area (Å²) >= 11 is 2.48. The summed E-state index contributed by atoms with van der Waals surface area (Å²) in [5.41, 5.74) is 2.05. The van der Waals surface area contributed by atoms with E-state index in [-0.39, 0.29) is 11.2 Å². The number of phenolic OH excluding ortho intramolecular Hbond substituents is 1. The van der Waals surface area contributed by atoms with Crippen molar-refractivity contribution in [1.82, 2.24) is 0 Å². The van der Waals surface area contributed by atoms with E-state index in [1.807, 2.05) is 18.2 Å². The molecule has 122 valence electrons. The fraction of sp³-hybridized carbons (Fsp3) is 0.500. The molecule has 0 aliphatic heterocycles. The number of phenols is 1. The number of benzene rings is 1. The third kappa shape index (κ3) is 4.13. The van der Waals surface area contributed by atoms with Gasteiger partial charge >= 0.3 is 149 Å². The van der Waals surface area contributed by atoms with E-state index in [0.29, 0.717) is 5.78 Å². The van der Waals surface area contributed by atoms with Crippen LogP contribution in [-0.4, -0.2) is 30.0 Å². The Morgan fingerprint density at radius 1 is 1.32 bits per heavy atom. The SMILES string of the molecule is CC[C@@]1(CI(C)CCCBr)CC(c2ccc(O)cc2)=CC1=O. The van der Waals surface area contributed by atoms with Crippen molar-refractivity contribution in [2.24, 2.45) is 5.41 Å². The summed E-state index contributed by atoms with van der Waals surface area (Å²) in [5.74, 6) is 0.591. The summed E-state index contributed by atoms with van der Waals surface area (Å²) in [6.45, 7) is 2.15. The number of allylic oxidation sites excluding steroid dienone is 2. The van der Waals surface area contributed by atoms with Gasteiger partial charge in [-0.3, -0.25) is 0 Å². The van der Waals surface area contributed by atoms with Crippen molar-refractivity contribution >= 4 is 47.1 Å². The molecule has 0 aromatic heterocycles. The Balaban J connectivity index is 2.12. The minimum absolute atomic E-state index is 0.154. The first-order valence-electron chi connectivity index (χ1n) is 7.63. The van der Waals surface area contributed by atoms with Crippen LogP contribution in [0.15, 0.2) is 30.3 Å². The number of halogens is 2. The summed E-state index contributed by atoms with van der Waals surface area (Å²) in [6.07, 6.45) is 4.88. The van der Waals surface area contributed by atoms with Crippen LogP contribution in [0.25, 0.3) is 5.57 Å². The minimum atomic E-state index is -1.03. The number of ketones is 1. The summed E-state index contributed by atoms with van der Waals surface area (Å²) < 4.78 is 2.44. The van der Waals surface area contributed by atoms with Gasteiger partial charge in [-0.25, -0.2) is 0 Å². The molecule has 2 nitrogen and oxygen atoms in total. The van der Waals surface area contributed by atoms with Crippen LogP contribution in [0.4, 0.5) is 0 Å². The molecule has 0 radical (unpaired) electrons. The van der Waals surface area contributed by atoms with E-state index < -0.39 is 19.8 Å². The van der Waals surface area contributed by atoms with Gasteiger partial charge in [0.1, 0.15) is 0 Å². The molecule has 1 aliphatic rings. The van der Waals surface area contributed by atoms with Gasteiger partial charge in [-0.05, 0) is 0 Å². The van der Waals surface area contributed by atoms with Gasteiger partial charge in [0.05, 0.1) is 0 Å². The molecule has 0 fully saturated rings. The number of aromatic hydroxyl groups is 1. The molecule has 1 aromatic carbocycles. The molecule has 0 heterocycles. The summed E-state index contributed by atoms with van der Waals surface area (Å²) in [6, 6.07) is 7.21. The van der Waals surface area contributed by atoms with Gasteiger partial charge < -0.3 is 0 Å². The summed E-state index contributed by atoms with van der Waals surface area (Å²) in [7, 11) is 0. The van der Waals surface area contributed by atoms with Crippen LogP contribution < -0.4 is 0 Å². The Hall–Kier alpha value is -0.360. The Bertz CT molecular complexity index is 553. The van der Waals surface area contributed by atoms with Crippen molar-refractivity contribution in [3.63, 3.8) is 0 Å². The van der Waals surface area contributed by atoms with E-state index >= 15 is 0 Å². The maximum atomic E-state index is 12.7. The quantitative estimate of drug-likeness (QED) is 0.439. The van der Waals surface area contributed by atoms with Crippen molar-refractivity contribution in [1.29, 1.82) is 0 Å². The van der Waals surface area contributed by atoms with Crippen LogP contribution in [0, 0.1) is 5.41 Å². The van der Waals surface area contributed by atoms with Crippen LogP contribution in [-0.2, 0) is 4.79 Å². The standard InChI is InChI=1S/C18H24BrIO2/c1-3-18(13-20(2)10-4-9-19)12-15(11-17(18)22)14-5-7-16(21)8-6-14/h5-8,11,21H,3-4,9-10,12-13H2,1-2H3/t18-/m0/s1. The normalized spacial score (nSPS) is 21.9. The van der Waals surface area contributed by atoms with Crippen molar-refractivity contribution < 1.29 is 9.90 Å². The van der Waals surface area contributed by atoms with E-state index in [0.717, 1.165) is 33.7 Å². The van der Waals surface area contributed by atoms with Crippen LogP contribution in [0.3, 0.4) is 0 Å². The zero-order valence-corrected chi connectivity index (χ0v) is 17.0. The number of carbonyl (C=O) groups is 1. The molecule has 0 saturated heterocycles. The molecule has 0 amide bonds. The summed E-state index contributed by atoms with van der Waals surface area (Å²) in [4.78, 5) is 15.1. The molecular weight excluding hydrogens is 455 g/mol. The molecular formula is C18H24BrIO2. The number of hydrogen-bond donors (Lipinski definition) is 1. The monoisotopic (exact) mass is 478 g/mol. The van der Waals surface area contributed by atoms with E-state index in [1.165, 1.54) is 10.8 Å². The van der Waals surface area contributed by atoms with E-state index in [9.17, 15) is 9.90 Å². The van der Waals surface area contributed by atoms with Gasteiger partial charge in [-0.1, -0.05) is 0 Å². The predicted octanol–water partition coefficient (Wildman–Crippen LogP) is 5.07. The van der Waals surface area contributed by atoms with Gasteiger partial charge in [0.2, 0.25) is 0 Å². The Morgan fingerprint density at radius 3 is 2.59 bits per heavy atom. The predicted molar refractivity (Wildman–Crippen MR) is 107 cm³/mol. The van der Waals surface area contributed by atoms with Gasteiger partial charge in [0, 0.05) is 0 Å². The number of rotatable bonds is 7. The van der Waals surface area contributed by atoms with Crippen LogP contribution in [0.5, 0.6) is 5.75 Å². The zero-order chi connectivity index (χ0) is 16.2. The molecule has 0 unspecified atom stereocenters. The first kappa shape index (κ1) is 18.0. The van der Waals surface area contributed by atoms with Crippen molar-refractivity contribution in [3.05, 3.63) is 35.9 Å². The molecule has 0 spiro atoms. The van der Waals surface area contributed by atoms with E-state index in [2.05, 4.69) is 27.8 Å². The second-order valence-electron chi connectivity index (χ2n) is 5.98. The average Bonchev–Trinajstić information content (AvgIpc) is 2.83. The Morgan fingerprint density at radius 2 is 2.00 bits per heavy atom. The van der Waals surface area contributed by atoms with Gasteiger partial charge in [-0.2, -0.15) is 0 Å². The van der Waals surface area contributed by atoms with E-state index in [1.54, 1.807) is 12.1 Å². The maximum absolute atomic E-state index is 12.7. The second kappa shape index (κ2) is 7.95. The molecule has 1 N–H and O–H groups in total. The van der Waals surface area contributed by atoms with Gasteiger partial charge in [-0.15, -0.1) is 0 Å².